The van der Waals surface area contributed by atoms with Gasteiger partial charge >= 0.3 is 5.97 Å². The van der Waals surface area contributed by atoms with Crippen LogP contribution in [0.3, 0.4) is 0 Å². The van der Waals surface area contributed by atoms with E-state index in [0.717, 1.165) is 19.1 Å². The van der Waals surface area contributed by atoms with Crippen LogP contribution in [0.4, 0.5) is 0 Å². The van der Waals surface area contributed by atoms with E-state index in [1.54, 1.807) is 0 Å². The molecule has 0 saturated heterocycles. The van der Waals surface area contributed by atoms with Crippen molar-refractivity contribution < 1.29 is 14.3 Å². The molecule has 0 radical (unpaired) electrons. The van der Waals surface area contributed by atoms with Gasteiger partial charge in [-0.3, -0.25) is 4.79 Å². The maximum absolute atomic E-state index is 10.8. The van der Waals surface area contributed by atoms with Crippen LogP contribution in [-0.4, -0.2) is 11.8 Å². The topological polar surface area (TPSA) is 43.4 Å². The molecule has 0 aromatic heterocycles. The number of esters is 1. The summed E-state index contributed by atoms with van der Waals surface area (Å²) in [6.07, 6.45) is 2.85. The second-order valence-corrected chi connectivity index (χ2v) is 2.10. The van der Waals surface area contributed by atoms with Crippen molar-refractivity contribution in [2.75, 3.05) is 0 Å². The summed E-state index contributed by atoms with van der Waals surface area (Å²) in [5, 5.41) is 0. The van der Waals surface area contributed by atoms with Crippen LogP contribution in [0.5, 0.6) is 0 Å². The van der Waals surface area contributed by atoms with Gasteiger partial charge in [0.25, 0.3) is 0 Å². The summed E-state index contributed by atoms with van der Waals surface area (Å²) in [6.45, 7) is 5.12. The van der Waals surface area contributed by atoms with Gasteiger partial charge in [-0.1, -0.05) is 19.9 Å². The van der Waals surface area contributed by atoms with Gasteiger partial charge in [-0.05, 0) is 6.42 Å². The SMILES string of the molecule is C=COC(=O)C(=O)CCCC. The lowest BCUT2D eigenvalue weighted by atomic mass is 10.2. The van der Waals surface area contributed by atoms with Crippen LogP contribution >= 0.6 is 0 Å². The van der Waals surface area contributed by atoms with Gasteiger partial charge in [0.15, 0.2) is 0 Å². The molecule has 3 nitrogen and oxygen atoms in total. The Hall–Kier alpha value is -1.12. The number of rotatable bonds is 5. The second kappa shape index (κ2) is 5.65. The van der Waals surface area contributed by atoms with Crippen LogP contribution < -0.4 is 0 Å². The van der Waals surface area contributed by atoms with Crippen LogP contribution in [-0.2, 0) is 14.3 Å². The first-order chi connectivity index (χ1) is 5.22. The van der Waals surface area contributed by atoms with Crippen LogP contribution in [0.1, 0.15) is 26.2 Å². The Morgan fingerprint density at radius 2 is 2.18 bits per heavy atom. The molecular weight excluding hydrogens is 144 g/mol. The predicted octanol–water partition coefficient (Wildman–Crippen LogP) is 1.43. The molecule has 0 aromatic rings. The van der Waals surface area contributed by atoms with Crippen molar-refractivity contribution in [1.29, 1.82) is 0 Å². The molecule has 0 aliphatic heterocycles. The highest BCUT2D eigenvalue weighted by atomic mass is 16.5. The van der Waals surface area contributed by atoms with E-state index in [4.69, 9.17) is 0 Å². The van der Waals surface area contributed by atoms with Crippen molar-refractivity contribution >= 4 is 11.8 Å². The molecule has 62 valence electrons. The van der Waals surface area contributed by atoms with Crippen LogP contribution in [0, 0.1) is 0 Å². The third kappa shape index (κ3) is 4.31. The van der Waals surface area contributed by atoms with Gasteiger partial charge in [-0.15, -0.1) is 0 Å². The molecule has 0 aliphatic rings. The molecule has 3 heteroatoms. The summed E-state index contributed by atoms with van der Waals surface area (Å²) in [4.78, 5) is 21.4. The van der Waals surface area contributed by atoms with Crippen molar-refractivity contribution in [3.8, 4) is 0 Å². The monoisotopic (exact) mass is 156 g/mol. The zero-order valence-corrected chi connectivity index (χ0v) is 6.63. The lowest BCUT2D eigenvalue weighted by Gasteiger charge is -1.95. The molecule has 0 fully saturated rings. The van der Waals surface area contributed by atoms with Gasteiger partial charge in [-0.2, -0.15) is 0 Å². The summed E-state index contributed by atoms with van der Waals surface area (Å²) in [5.74, 6) is -1.29. The van der Waals surface area contributed by atoms with Crippen LogP contribution in [0.25, 0.3) is 0 Å². The number of carbonyl (C=O) groups is 2. The third-order valence-electron chi connectivity index (χ3n) is 1.18. The average molecular weight is 156 g/mol. The first-order valence-electron chi connectivity index (χ1n) is 3.57. The standard InChI is InChI=1S/C8H12O3/c1-3-5-6-7(9)8(10)11-4-2/h4H,2-3,5-6H2,1H3. The van der Waals surface area contributed by atoms with E-state index in [-0.39, 0.29) is 6.42 Å². The van der Waals surface area contributed by atoms with Gasteiger partial charge < -0.3 is 4.74 Å². The van der Waals surface area contributed by atoms with E-state index in [0.29, 0.717) is 0 Å². The zero-order chi connectivity index (χ0) is 8.69. The Balaban J connectivity index is 3.64. The normalized spacial score (nSPS) is 8.82. The maximum atomic E-state index is 10.8. The Labute approximate surface area is 66.0 Å². The van der Waals surface area contributed by atoms with Gasteiger partial charge in [-0.25, -0.2) is 4.79 Å². The Morgan fingerprint density at radius 1 is 1.55 bits per heavy atom. The number of carbonyl (C=O) groups excluding carboxylic acids is 2. The van der Waals surface area contributed by atoms with Crippen molar-refractivity contribution in [3.63, 3.8) is 0 Å². The quantitative estimate of drug-likeness (QED) is 0.343. The number of unbranched alkanes of at least 4 members (excludes halogenated alkanes) is 1. The van der Waals surface area contributed by atoms with E-state index in [2.05, 4.69) is 11.3 Å². The largest absolute Gasteiger partial charge is 0.429 e. The first-order valence-corrected chi connectivity index (χ1v) is 3.57. The molecule has 0 heterocycles. The molecule has 0 aromatic carbocycles. The smallest absolute Gasteiger partial charge is 0.379 e. The molecule has 0 rings (SSSR count). The van der Waals surface area contributed by atoms with E-state index in [1.807, 2.05) is 6.92 Å². The highest BCUT2D eigenvalue weighted by molar-refractivity contribution is 6.33. The summed E-state index contributed by atoms with van der Waals surface area (Å²) in [6, 6.07) is 0. The zero-order valence-electron chi connectivity index (χ0n) is 6.63. The number of ketones is 1. The molecule has 0 unspecified atom stereocenters. The fourth-order valence-corrected chi connectivity index (χ4v) is 0.581. The second-order valence-electron chi connectivity index (χ2n) is 2.10. The van der Waals surface area contributed by atoms with Gasteiger partial charge in [0.1, 0.15) is 0 Å². The Morgan fingerprint density at radius 3 is 2.64 bits per heavy atom. The molecule has 0 aliphatic carbocycles. The summed E-state index contributed by atoms with van der Waals surface area (Å²) < 4.78 is 4.28. The fourth-order valence-electron chi connectivity index (χ4n) is 0.581. The third-order valence-corrected chi connectivity index (χ3v) is 1.18. The summed E-state index contributed by atoms with van der Waals surface area (Å²) in [5.41, 5.74) is 0. The van der Waals surface area contributed by atoms with Gasteiger partial charge in [0.05, 0.1) is 6.26 Å². The number of hydrogen-bond donors (Lipinski definition) is 0. The molecule has 0 spiro atoms. The molecule has 0 N–H and O–H groups in total. The highest BCUT2D eigenvalue weighted by Crippen LogP contribution is 1.96. The van der Waals surface area contributed by atoms with Crippen LogP contribution in [0.2, 0.25) is 0 Å². The maximum Gasteiger partial charge on any atom is 0.379 e. The Kier molecular flexibility index (Phi) is 5.07. The lowest BCUT2D eigenvalue weighted by molar-refractivity contribution is -0.149. The molecule has 0 amide bonds. The minimum Gasteiger partial charge on any atom is -0.429 e. The molecule has 0 bridgehead atoms. The molecule has 11 heavy (non-hydrogen) atoms. The molecule has 0 saturated carbocycles. The van der Waals surface area contributed by atoms with Gasteiger partial charge in [0.2, 0.25) is 5.78 Å². The Bertz CT molecular complexity index is 161. The van der Waals surface area contributed by atoms with Crippen molar-refractivity contribution in [2.45, 2.75) is 26.2 Å². The van der Waals surface area contributed by atoms with Gasteiger partial charge in [0, 0.05) is 6.42 Å². The van der Waals surface area contributed by atoms with Crippen molar-refractivity contribution in [3.05, 3.63) is 12.8 Å². The molecular formula is C8H12O3. The van der Waals surface area contributed by atoms with Crippen LogP contribution in [0.15, 0.2) is 12.8 Å². The van der Waals surface area contributed by atoms with E-state index in [9.17, 15) is 9.59 Å². The number of ether oxygens (including phenoxy) is 1. The lowest BCUT2D eigenvalue weighted by Crippen LogP contribution is -2.14. The van der Waals surface area contributed by atoms with E-state index >= 15 is 0 Å². The van der Waals surface area contributed by atoms with Crippen molar-refractivity contribution in [1.82, 2.24) is 0 Å². The minimum atomic E-state index is -0.812. The highest BCUT2D eigenvalue weighted by Gasteiger charge is 2.12. The summed E-state index contributed by atoms with van der Waals surface area (Å²) >= 11 is 0. The fraction of sp³-hybridized carbons (Fsp3) is 0.500. The number of Topliss-reactive ketones (excluding diaryl/α,β-unsaturated/α-hetero) is 1. The number of hydrogen-bond acceptors (Lipinski definition) is 3. The average Bonchev–Trinajstić information content (AvgIpc) is 2.00. The summed E-state index contributed by atoms with van der Waals surface area (Å²) in [7, 11) is 0. The van der Waals surface area contributed by atoms with E-state index in [1.165, 1.54) is 0 Å². The van der Waals surface area contributed by atoms with Crippen molar-refractivity contribution in [2.24, 2.45) is 0 Å². The first kappa shape index (κ1) is 9.88. The van der Waals surface area contributed by atoms with E-state index < -0.39 is 11.8 Å². The molecule has 0 atom stereocenters. The predicted molar refractivity (Wildman–Crippen MR) is 40.8 cm³/mol. The minimum absolute atomic E-state index is 0.267.